The van der Waals surface area contributed by atoms with Crippen molar-refractivity contribution in [3.63, 3.8) is 0 Å². The summed E-state index contributed by atoms with van der Waals surface area (Å²) in [6.07, 6.45) is 2.37. The second-order valence-corrected chi connectivity index (χ2v) is 8.02. The fraction of sp³-hybridized carbons (Fsp3) is 0.368. The Labute approximate surface area is 159 Å². The zero-order chi connectivity index (χ0) is 18.0. The molecule has 1 saturated carbocycles. The summed E-state index contributed by atoms with van der Waals surface area (Å²) >= 11 is 12.0. The van der Waals surface area contributed by atoms with Crippen LogP contribution in [0.2, 0.25) is 10.0 Å². The molecule has 26 heavy (non-hydrogen) atoms. The average molecular weight is 393 g/mol. The quantitative estimate of drug-likeness (QED) is 0.792. The van der Waals surface area contributed by atoms with E-state index in [2.05, 4.69) is 10.3 Å². The molecule has 2 aromatic rings. The number of nitrogens with zero attached hydrogens (tertiary/aromatic N) is 1. The van der Waals surface area contributed by atoms with E-state index in [-0.39, 0.29) is 30.0 Å². The first kappa shape index (κ1) is 16.5. The second kappa shape index (κ2) is 5.91. The molecule has 2 bridgehead atoms. The number of halogens is 3. The van der Waals surface area contributed by atoms with E-state index in [9.17, 15) is 9.18 Å². The van der Waals surface area contributed by atoms with E-state index in [0.29, 0.717) is 27.6 Å². The number of amides is 1. The molecule has 2 aliphatic heterocycles. The van der Waals surface area contributed by atoms with Crippen LogP contribution in [0.4, 0.5) is 10.1 Å². The molecule has 1 aromatic carbocycles. The molecule has 2 saturated heterocycles. The summed E-state index contributed by atoms with van der Waals surface area (Å²) in [6.45, 7) is 0. The Morgan fingerprint density at radius 2 is 1.96 bits per heavy atom. The lowest BCUT2D eigenvalue weighted by Crippen LogP contribution is -2.37. The van der Waals surface area contributed by atoms with Gasteiger partial charge < -0.3 is 10.1 Å². The van der Waals surface area contributed by atoms with Crippen LogP contribution in [0, 0.1) is 23.7 Å². The minimum Gasteiger partial charge on any atom is -0.373 e. The third-order valence-electron chi connectivity index (χ3n) is 5.77. The number of carbonyl (C=O) groups excluding carboxylic acids is 1. The summed E-state index contributed by atoms with van der Waals surface area (Å²) in [7, 11) is 0. The van der Waals surface area contributed by atoms with Crippen molar-refractivity contribution >= 4 is 34.8 Å². The highest BCUT2D eigenvalue weighted by molar-refractivity contribution is 6.42. The maximum absolute atomic E-state index is 13.6. The maximum atomic E-state index is 13.6. The minimum atomic E-state index is -0.540. The number of nitrogens with one attached hydrogen (secondary N) is 1. The fourth-order valence-corrected chi connectivity index (χ4v) is 4.92. The molecule has 6 atom stereocenters. The molecule has 3 fully saturated rings. The number of pyridine rings is 1. The van der Waals surface area contributed by atoms with Crippen molar-refractivity contribution in [2.45, 2.75) is 24.5 Å². The van der Waals surface area contributed by atoms with E-state index < -0.39 is 5.95 Å². The highest BCUT2D eigenvalue weighted by Crippen LogP contribution is 2.65. The molecular weight excluding hydrogens is 378 g/mol. The minimum absolute atomic E-state index is 0.0312. The highest BCUT2D eigenvalue weighted by atomic mass is 35.5. The van der Waals surface area contributed by atoms with Gasteiger partial charge >= 0.3 is 0 Å². The predicted octanol–water partition coefficient (Wildman–Crippen LogP) is 4.28. The number of benzene rings is 1. The first-order chi connectivity index (χ1) is 12.5. The van der Waals surface area contributed by atoms with Gasteiger partial charge in [-0.2, -0.15) is 4.39 Å². The molecule has 7 heteroatoms. The normalized spacial score (nSPS) is 33.8. The molecule has 0 unspecified atom stereocenters. The van der Waals surface area contributed by atoms with Gasteiger partial charge in [-0.1, -0.05) is 23.2 Å². The van der Waals surface area contributed by atoms with Gasteiger partial charge in [0, 0.05) is 17.8 Å². The first-order valence-corrected chi connectivity index (χ1v) is 9.31. The molecule has 5 rings (SSSR count). The Morgan fingerprint density at radius 3 is 2.73 bits per heavy atom. The van der Waals surface area contributed by atoms with Crippen LogP contribution in [0.1, 0.15) is 17.9 Å². The summed E-state index contributed by atoms with van der Waals surface area (Å²) in [5, 5.41) is 3.73. The molecule has 1 aromatic heterocycles. The molecule has 0 spiro atoms. The topological polar surface area (TPSA) is 51.2 Å². The average Bonchev–Trinajstić information content (AvgIpc) is 3.22. The summed E-state index contributed by atoms with van der Waals surface area (Å²) < 4.78 is 19.8. The van der Waals surface area contributed by atoms with Crippen molar-refractivity contribution < 1.29 is 13.9 Å². The number of carbonyl (C=O) groups is 1. The van der Waals surface area contributed by atoms with Crippen molar-refractivity contribution in [3.8, 4) is 0 Å². The van der Waals surface area contributed by atoms with Gasteiger partial charge in [0.1, 0.15) is 0 Å². The Morgan fingerprint density at radius 1 is 1.15 bits per heavy atom. The zero-order valence-electron chi connectivity index (χ0n) is 13.5. The maximum Gasteiger partial charge on any atom is 0.230 e. The van der Waals surface area contributed by atoms with E-state index in [1.807, 2.05) is 0 Å². The lowest BCUT2D eigenvalue weighted by molar-refractivity contribution is -0.122. The van der Waals surface area contributed by atoms with Gasteiger partial charge in [-0.25, -0.2) is 4.98 Å². The Hall–Kier alpha value is -1.69. The van der Waals surface area contributed by atoms with Gasteiger partial charge in [0.15, 0.2) is 0 Å². The Bertz CT molecular complexity index is 909. The van der Waals surface area contributed by atoms with Crippen LogP contribution in [0.25, 0.3) is 0 Å². The molecule has 3 aliphatic rings. The zero-order valence-corrected chi connectivity index (χ0v) is 15.0. The third-order valence-corrected chi connectivity index (χ3v) is 6.51. The van der Waals surface area contributed by atoms with E-state index in [1.165, 1.54) is 12.3 Å². The molecule has 1 amide bonds. The number of fused-ring (bicyclic) bond motifs is 5. The van der Waals surface area contributed by atoms with Gasteiger partial charge in [0.05, 0.1) is 28.2 Å². The fourth-order valence-electron chi connectivity index (χ4n) is 4.62. The first-order valence-electron chi connectivity index (χ1n) is 8.56. The second-order valence-electron chi connectivity index (χ2n) is 7.21. The largest absolute Gasteiger partial charge is 0.373 e. The highest BCUT2D eigenvalue weighted by Gasteiger charge is 2.68. The number of anilines is 1. The molecule has 1 N–H and O–H groups in total. The smallest absolute Gasteiger partial charge is 0.230 e. The molecule has 134 valence electrons. The Kier molecular flexibility index (Phi) is 3.75. The van der Waals surface area contributed by atoms with Gasteiger partial charge in [0.2, 0.25) is 11.9 Å². The van der Waals surface area contributed by atoms with E-state index in [4.69, 9.17) is 27.9 Å². The van der Waals surface area contributed by atoms with Crippen LogP contribution in [0.5, 0.6) is 0 Å². The van der Waals surface area contributed by atoms with Crippen LogP contribution in [0.3, 0.4) is 0 Å². The van der Waals surface area contributed by atoms with Gasteiger partial charge in [-0.3, -0.25) is 4.79 Å². The molecular formula is C19H15Cl2FN2O2. The summed E-state index contributed by atoms with van der Waals surface area (Å²) in [5.74, 6) is -0.281. The van der Waals surface area contributed by atoms with Crippen LogP contribution in [-0.2, 0) is 9.53 Å². The van der Waals surface area contributed by atoms with Crippen LogP contribution < -0.4 is 5.32 Å². The van der Waals surface area contributed by atoms with Gasteiger partial charge in [0.25, 0.3) is 0 Å². The Balaban J connectivity index is 1.45. The summed E-state index contributed by atoms with van der Waals surface area (Å²) in [6, 6.07) is 8.15. The number of aromatic nitrogens is 1. The molecule has 0 radical (unpaired) electrons. The summed E-state index contributed by atoms with van der Waals surface area (Å²) in [4.78, 5) is 16.7. The van der Waals surface area contributed by atoms with E-state index >= 15 is 0 Å². The standard InChI is InChI=1S/C19H15Cl2FN2O2/c20-12-2-1-9(6-13(12)21)24-19(25)16-15(8-3-4-23-14(22)5-8)17-10-7-11(10)18(16)26-17/h1-6,10-11,15-18H,7H2,(H,24,25)/t10-,11+,15+,16-,17-,18+/m0/s1. The van der Waals surface area contributed by atoms with Crippen LogP contribution >= 0.6 is 23.2 Å². The predicted molar refractivity (Wildman–Crippen MR) is 95.8 cm³/mol. The number of ether oxygens (including phenoxy) is 1. The number of hydrogen-bond acceptors (Lipinski definition) is 3. The molecule has 1 aliphatic carbocycles. The van der Waals surface area contributed by atoms with Gasteiger partial charge in [-0.15, -0.1) is 0 Å². The summed E-state index contributed by atoms with van der Waals surface area (Å²) in [5.41, 5.74) is 1.35. The van der Waals surface area contributed by atoms with Gasteiger partial charge in [-0.05, 0) is 54.2 Å². The SMILES string of the molecule is O=C(Nc1ccc(Cl)c(Cl)c1)[C@@H]1[C@@H]2O[C@@H]([C@H]3C[C@H]32)[C@@H]1c1ccnc(F)c1. The lowest BCUT2D eigenvalue weighted by Gasteiger charge is -2.27. The van der Waals surface area contributed by atoms with Crippen molar-refractivity contribution in [1.29, 1.82) is 0 Å². The molecule has 4 nitrogen and oxygen atoms in total. The lowest BCUT2D eigenvalue weighted by atomic mass is 9.75. The number of hydrogen-bond donors (Lipinski definition) is 1. The van der Waals surface area contributed by atoms with Crippen molar-refractivity contribution in [2.24, 2.45) is 17.8 Å². The van der Waals surface area contributed by atoms with E-state index in [0.717, 1.165) is 12.0 Å². The van der Waals surface area contributed by atoms with Crippen molar-refractivity contribution in [3.05, 3.63) is 58.1 Å². The molecule has 3 heterocycles. The van der Waals surface area contributed by atoms with Crippen molar-refractivity contribution in [2.75, 3.05) is 5.32 Å². The third kappa shape index (κ3) is 2.53. The number of rotatable bonds is 3. The van der Waals surface area contributed by atoms with E-state index in [1.54, 1.807) is 24.3 Å². The van der Waals surface area contributed by atoms with Crippen LogP contribution in [0.15, 0.2) is 36.5 Å². The van der Waals surface area contributed by atoms with Crippen LogP contribution in [-0.4, -0.2) is 23.1 Å². The monoisotopic (exact) mass is 392 g/mol. The van der Waals surface area contributed by atoms with Crippen molar-refractivity contribution in [1.82, 2.24) is 4.98 Å².